The van der Waals surface area contributed by atoms with Gasteiger partial charge in [-0.05, 0) is 43.5 Å². The maximum Gasteiger partial charge on any atom is 0.221 e. The monoisotopic (exact) mass is 433 g/mol. The fourth-order valence-corrected chi connectivity index (χ4v) is 3.68. The molecular formula is C20H33Cl2N3O3. The summed E-state index contributed by atoms with van der Waals surface area (Å²) in [5.41, 5.74) is 6.53. The van der Waals surface area contributed by atoms with Crippen molar-refractivity contribution in [1.82, 2.24) is 10.2 Å². The number of benzene rings is 1. The molecule has 1 aromatic rings. The highest BCUT2D eigenvalue weighted by Crippen LogP contribution is 2.37. The van der Waals surface area contributed by atoms with Crippen molar-refractivity contribution in [3.63, 3.8) is 0 Å². The lowest BCUT2D eigenvalue weighted by molar-refractivity contribution is -0.121. The molecule has 1 aliphatic rings. The van der Waals surface area contributed by atoms with Crippen LogP contribution in [0.2, 0.25) is 5.02 Å². The molecule has 2 rings (SSSR count). The molecule has 8 heteroatoms. The smallest absolute Gasteiger partial charge is 0.221 e. The second-order valence-electron chi connectivity index (χ2n) is 6.92. The topological polar surface area (TPSA) is 76.8 Å². The van der Waals surface area contributed by atoms with Crippen molar-refractivity contribution in [2.75, 3.05) is 33.4 Å². The molecule has 0 radical (unpaired) electrons. The van der Waals surface area contributed by atoms with Crippen LogP contribution in [0.3, 0.4) is 0 Å². The summed E-state index contributed by atoms with van der Waals surface area (Å²) in [6.07, 6.45) is 4.70. The molecule has 1 heterocycles. The van der Waals surface area contributed by atoms with E-state index < -0.39 is 0 Å². The first-order valence-electron chi connectivity index (χ1n) is 9.79. The third kappa shape index (κ3) is 7.32. The van der Waals surface area contributed by atoms with Gasteiger partial charge in [-0.25, -0.2) is 0 Å². The number of carbonyl (C=O) groups excluding carboxylic acids is 1. The fraction of sp³-hybridized carbons (Fsp3) is 0.650. The molecule has 1 fully saturated rings. The summed E-state index contributed by atoms with van der Waals surface area (Å²) in [6, 6.07) is 4.27. The highest BCUT2D eigenvalue weighted by atomic mass is 35.5. The van der Waals surface area contributed by atoms with Crippen LogP contribution in [0.5, 0.6) is 11.5 Å². The number of piperidine rings is 1. The molecule has 0 bridgehead atoms. The van der Waals surface area contributed by atoms with Gasteiger partial charge in [-0.1, -0.05) is 24.9 Å². The number of carbonyl (C=O) groups is 1. The summed E-state index contributed by atoms with van der Waals surface area (Å²) in [5, 5.41) is 3.58. The Kier molecular flexibility index (Phi) is 11.6. The average molecular weight is 434 g/mol. The van der Waals surface area contributed by atoms with E-state index in [4.69, 9.17) is 26.8 Å². The van der Waals surface area contributed by atoms with Crippen LogP contribution < -0.4 is 20.5 Å². The third-order valence-corrected chi connectivity index (χ3v) is 5.06. The van der Waals surface area contributed by atoms with E-state index in [0.29, 0.717) is 48.7 Å². The minimum Gasteiger partial charge on any atom is -0.493 e. The van der Waals surface area contributed by atoms with Crippen LogP contribution in [0.1, 0.15) is 44.6 Å². The molecule has 0 spiro atoms. The molecule has 160 valence electrons. The molecule has 0 aliphatic carbocycles. The van der Waals surface area contributed by atoms with Crippen molar-refractivity contribution in [2.24, 2.45) is 5.73 Å². The van der Waals surface area contributed by atoms with Gasteiger partial charge in [-0.15, -0.1) is 12.4 Å². The van der Waals surface area contributed by atoms with E-state index in [1.54, 1.807) is 7.11 Å². The summed E-state index contributed by atoms with van der Waals surface area (Å²) in [6.45, 7) is 5.46. The van der Waals surface area contributed by atoms with Crippen LogP contribution in [-0.2, 0) is 11.3 Å². The molecule has 1 aromatic carbocycles. The number of methoxy groups -OCH3 is 1. The first-order chi connectivity index (χ1) is 13.1. The second-order valence-corrected chi connectivity index (χ2v) is 7.33. The zero-order valence-electron chi connectivity index (χ0n) is 16.8. The molecule has 0 aromatic heterocycles. The predicted octanol–water partition coefficient (Wildman–Crippen LogP) is 3.38. The van der Waals surface area contributed by atoms with Crippen molar-refractivity contribution in [3.8, 4) is 11.5 Å². The molecular weight excluding hydrogens is 401 g/mol. The number of halogens is 2. The number of nitrogens with one attached hydrogen (secondary N) is 1. The second kappa shape index (κ2) is 13.1. The number of nitrogens with zero attached hydrogens (tertiary/aromatic N) is 1. The Labute approximate surface area is 179 Å². The van der Waals surface area contributed by atoms with Gasteiger partial charge in [0.05, 0.1) is 18.7 Å². The molecule has 6 nitrogen and oxygen atoms in total. The zero-order valence-corrected chi connectivity index (χ0v) is 18.4. The highest BCUT2D eigenvalue weighted by molar-refractivity contribution is 6.32. The molecule has 0 saturated carbocycles. The molecule has 28 heavy (non-hydrogen) atoms. The van der Waals surface area contributed by atoms with Gasteiger partial charge in [0.15, 0.2) is 11.5 Å². The Morgan fingerprint density at radius 1 is 1.39 bits per heavy atom. The van der Waals surface area contributed by atoms with E-state index in [1.807, 2.05) is 12.1 Å². The lowest BCUT2D eigenvalue weighted by atomic mass is 10.0. The molecule has 1 unspecified atom stereocenters. The normalized spacial score (nSPS) is 16.9. The predicted molar refractivity (Wildman–Crippen MR) is 116 cm³/mol. The molecule has 1 aliphatic heterocycles. The van der Waals surface area contributed by atoms with Crippen LogP contribution in [0, 0.1) is 0 Å². The van der Waals surface area contributed by atoms with E-state index in [9.17, 15) is 4.79 Å². The Bertz CT molecular complexity index is 617. The van der Waals surface area contributed by atoms with Crippen LogP contribution >= 0.6 is 24.0 Å². The fourth-order valence-electron chi connectivity index (χ4n) is 3.39. The van der Waals surface area contributed by atoms with Crippen molar-refractivity contribution in [2.45, 2.75) is 51.6 Å². The Morgan fingerprint density at radius 3 is 2.86 bits per heavy atom. The summed E-state index contributed by atoms with van der Waals surface area (Å²) in [4.78, 5) is 14.2. The van der Waals surface area contributed by atoms with Crippen molar-refractivity contribution < 1.29 is 14.3 Å². The number of nitrogens with two attached hydrogens (primary N) is 1. The van der Waals surface area contributed by atoms with Crippen molar-refractivity contribution >= 4 is 29.9 Å². The number of hydrogen-bond acceptors (Lipinski definition) is 5. The van der Waals surface area contributed by atoms with Crippen LogP contribution in [0.25, 0.3) is 0 Å². The molecule has 1 amide bonds. The maximum absolute atomic E-state index is 11.7. The summed E-state index contributed by atoms with van der Waals surface area (Å²) >= 11 is 6.45. The third-order valence-electron chi connectivity index (χ3n) is 4.78. The summed E-state index contributed by atoms with van der Waals surface area (Å²) < 4.78 is 11.2. The maximum atomic E-state index is 11.7. The Balaban J connectivity index is 0.00000392. The SMILES string of the molecule is CCCOc1c(Cl)cc(CN2CCCCC2CNC(=O)CCN)cc1OC.Cl. The number of amides is 1. The van der Waals surface area contributed by atoms with E-state index in [1.165, 1.54) is 6.42 Å². The quantitative estimate of drug-likeness (QED) is 0.591. The lowest BCUT2D eigenvalue weighted by Crippen LogP contribution is -2.46. The van der Waals surface area contributed by atoms with E-state index in [-0.39, 0.29) is 18.3 Å². The Hall–Kier alpha value is -1.21. The van der Waals surface area contributed by atoms with Gasteiger partial charge < -0.3 is 20.5 Å². The number of rotatable bonds is 10. The molecule has 1 atom stereocenters. The van der Waals surface area contributed by atoms with Gasteiger partial charge in [0, 0.05) is 32.1 Å². The summed E-state index contributed by atoms with van der Waals surface area (Å²) in [5.74, 6) is 1.29. The molecule has 1 saturated heterocycles. The van der Waals surface area contributed by atoms with E-state index in [2.05, 4.69) is 17.1 Å². The molecule has 3 N–H and O–H groups in total. The van der Waals surface area contributed by atoms with Gasteiger partial charge in [0.1, 0.15) is 0 Å². The van der Waals surface area contributed by atoms with Gasteiger partial charge in [0.2, 0.25) is 5.91 Å². The summed E-state index contributed by atoms with van der Waals surface area (Å²) in [7, 11) is 1.63. The standard InChI is InChI=1S/C20H32ClN3O3.ClH/c1-3-10-27-20-17(21)11-15(12-18(20)26-2)14-24-9-5-4-6-16(24)13-23-19(25)7-8-22;/h11-12,16H,3-10,13-14,22H2,1-2H3,(H,23,25);1H. The van der Waals surface area contributed by atoms with Crippen LogP contribution in [-0.4, -0.2) is 50.2 Å². The van der Waals surface area contributed by atoms with Crippen molar-refractivity contribution in [1.29, 1.82) is 0 Å². The lowest BCUT2D eigenvalue weighted by Gasteiger charge is -2.36. The van der Waals surface area contributed by atoms with Crippen molar-refractivity contribution in [3.05, 3.63) is 22.7 Å². The number of likely N-dealkylation sites (tertiary alicyclic amines) is 1. The van der Waals surface area contributed by atoms with E-state index >= 15 is 0 Å². The first kappa shape index (κ1) is 24.8. The largest absolute Gasteiger partial charge is 0.493 e. The number of ether oxygens (including phenoxy) is 2. The van der Waals surface area contributed by atoms with Gasteiger partial charge in [0.25, 0.3) is 0 Å². The first-order valence-corrected chi connectivity index (χ1v) is 10.2. The Morgan fingerprint density at radius 2 is 2.18 bits per heavy atom. The van der Waals surface area contributed by atoms with Gasteiger partial charge in [-0.2, -0.15) is 0 Å². The zero-order chi connectivity index (χ0) is 19.6. The highest BCUT2D eigenvalue weighted by Gasteiger charge is 2.24. The minimum absolute atomic E-state index is 0. The van der Waals surface area contributed by atoms with Gasteiger partial charge >= 0.3 is 0 Å². The van der Waals surface area contributed by atoms with Gasteiger partial charge in [-0.3, -0.25) is 9.69 Å². The number of hydrogen-bond donors (Lipinski definition) is 2. The van der Waals surface area contributed by atoms with E-state index in [0.717, 1.165) is 37.9 Å². The van der Waals surface area contributed by atoms with Crippen LogP contribution in [0.4, 0.5) is 0 Å². The average Bonchev–Trinajstić information content (AvgIpc) is 2.66. The van der Waals surface area contributed by atoms with Crippen LogP contribution in [0.15, 0.2) is 12.1 Å². The minimum atomic E-state index is 0.